The first-order valence-electron chi connectivity index (χ1n) is 8.66. The van der Waals surface area contributed by atoms with E-state index in [0.717, 1.165) is 0 Å². The van der Waals surface area contributed by atoms with Gasteiger partial charge in [-0.1, -0.05) is 52.0 Å². The number of nitrogens with one attached hydrogen (secondary N) is 1. The molecule has 2 aromatic rings. The van der Waals surface area contributed by atoms with Crippen LogP contribution in [0.1, 0.15) is 56.4 Å². The van der Waals surface area contributed by atoms with E-state index in [-0.39, 0.29) is 11.5 Å². The molecule has 5 heteroatoms. The molecule has 1 aromatic carbocycles. The lowest BCUT2D eigenvalue weighted by atomic mass is 9.86. The molecule has 1 heterocycles. The van der Waals surface area contributed by atoms with Crippen LogP contribution in [0.3, 0.4) is 0 Å². The van der Waals surface area contributed by atoms with E-state index in [1.807, 2.05) is 21.0 Å². The molecule has 0 radical (unpaired) electrons. The molecule has 0 fully saturated rings. The molecular weight excluding hydrogens is 312 g/mol. The number of likely N-dealkylation sites (N-methyl/N-ethyl adjacent to an activating group) is 1. The summed E-state index contributed by atoms with van der Waals surface area (Å²) in [7, 11) is 4.10. The second kappa shape index (κ2) is 7.71. The molecule has 0 aliphatic carbocycles. The van der Waals surface area contributed by atoms with E-state index in [9.17, 15) is 5.26 Å². The maximum atomic E-state index is 9.20. The lowest BCUT2D eigenvalue weighted by Gasteiger charge is -2.26. The number of oxazole rings is 1. The lowest BCUT2D eigenvalue weighted by Crippen LogP contribution is -2.27. The summed E-state index contributed by atoms with van der Waals surface area (Å²) >= 11 is 0. The summed E-state index contributed by atoms with van der Waals surface area (Å²) in [6.07, 6.45) is 0.668. The molecule has 1 N–H and O–H groups in total. The van der Waals surface area contributed by atoms with Crippen molar-refractivity contribution in [3.8, 4) is 6.07 Å². The lowest BCUT2D eigenvalue weighted by molar-refractivity contribution is 0.310. The molecule has 2 rings (SSSR count). The third-order valence-corrected chi connectivity index (χ3v) is 4.32. The van der Waals surface area contributed by atoms with Gasteiger partial charge in [0.15, 0.2) is 5.89 Å². The first kappa shape index (κ1) is 19.0. The van der Waals surface area contributed by atoms with E-state index in [4.69, 9.17) is 4.42 Å². The number of aryl methyl sites for hydroxylation is 1. The zero-order valence-electron chi connectivity index (χ0n) is 16.1. The van der Waals surface area contributed by atoms with Crippen LogP contribution in [0.4, 0.5) is 5.88 Å². The molecule has 0 aliphatic rings. The highest BCUT2D eigenvalue weighted by Gasteiger charge is 2.19. The van der Waals surface area contributed by atoms with Gasteiger partial charge in [0.2, 0.25) is 11.6 Å². The third kappa shape index (κ3) is 4.61. The van der Waals surface area contributed by atoms with Crippen LogP contribution in [0.2, 0.25) is 0 Å². The Labute approximate surface area is 150 Å². The molecular formula is C20H28N4O. The highest BCUT2D eigenvalue weighted by atomic mass is 16.4. The first-order chi connectivity index (χ1) is 11.8. The van der Waals surface area contributed by atoms with E-state index >= 15 is 0 Å². The van der Waals surface area contributed by atoms with Gasteiger partial charge in [-0.15, -0.1) is 0 Å². The van der Waals surface area contributed by atoms with Crippen molar-refractivity contribution in [2.24, 2.45) is 0 Å². The molecule has 0 spiro atoms. The van der Waals surface area contributed by atoms with Crippen molar-refractivity contribution >= 4 is 5.88 Å². The van der Waals surface area contributed by atoms with Crippen LogP contribution in [-0.4, -0.2) is 30.5 Å². The number of nitriles is 1. The minimum atomic E-state index is 0.141. The fourth-order valence-electron chi connectivity index (χ4n) is 2.70. The smallest absolute Gasteiger partial charge is 0.232 e. The number of benzene rings is 1. The Bertz CT molecular complexity index is 733. The minimum absolute atomic E-state index is 0.141. The summed E-state index contributed by atoms with van der Waals surface area (Å²) in [5, 5.41) is 12.5. The summed E-state index contributed by atoms with van der Waals surface area (Å²) in [5.74, 6) is 1.03. The maximum absolute atomic E-state index is 9.20. The van der Waals surface area contributed by atoms with Gasteiger partial charge in [0.25, 0.3) is 0 Å². The molecule has 0 unspecified atom stereocenters. The summed E-state index contributed by atoms with van der Waals surface area (Å²) < 4.78 is 5.62. The fraction of sp³-hybridized carbons (Fsp3) is 0.500. The monoisotopic (exact) mass is 340 g/mol. The number of anilines is 1. The van der Waals surface area contributed by atoms with Gasteiger partial charge in [0.1, 0.15) is 6.07 Å². The van der Waals surface area contributed by atoms with Crippen LogP contribution in [0.25, 0.3) is 0 Å². The second-order valence-electron chi connectivity index (χ2n) is 7.48. The largest absolute Gasteiger partial charge is 0.424 e. The summed E-state index contributed by atoms with van der Waals surface area (Å²) in [5.41, 5.74) is 3.00. The highest BCUT2D eigenvalue weighted by molar-refractivity contribution is 5.45. The molecule has 5 nitrogen and oxygen atoms in total. The molecule has 0 amide bonds. The SMILES string of the molecule is CCc1nc(C#N)c(NC[C@@H](c2ccc(C(C)(C)C)cc2)N(C)C)o1. The highest BCUT2D eigenvalue weighted by Crippen LogP contribution is 2.26. The molecule has 0 bridgehead atoms. The van der Waals surface area contributed by atoms with Crippen molar-refractivity contribution in [1.82, 2.24) is 9.88 Å². The second-order valence-corrected chi connectivity index (χ2v) is 7.48. The predicted molar refractivity (Wildman–Crippen MR) is 101 cm³/mol. The topological polar surface area (TPSA) is 65.1 Å². The van der Waals surface area contributed by atoms with Crippen molar-refractivity contribution < 1.29 is 4.42 Å². The summed E-state index contributed by atoms with van der Waals surface area (Å²) in [6, 6.07) is 11.0. The van der Waals surface area contributed by atoms with Gasteiger partial charge in [0.05, 0.1) is 6.04 Å². The van der Waals surface area contributed by atoms with Crippen LogP contribution >= 0.6 is 0 Å². The van der Waals surface area contributed by atoms with Gasteiger partial charge < -0.3 is 14.6 Å². The van der Waals surface area contributed by atoms with Gasteiger partial charge in [-0.2, -0.15) is 5.26 Å². The van der Waals surface area contributed by atoms with Crippen molar-refractivity contribution in [2.75, 3.05) is 26.0 Å². The minimum Gasteiger partial charge on any atom is -0.424 e. The summed E-state index contributed by atoms with van der Waals surface area (Å²) in [4.78, 5) is 6.33. The van der Waals surface area contributed by atoms with Crippen molar-refractivity contribution in [1.29, 1.82) is 5.26 Å². The number of aromatic nitrogens is 1. The van der Waals surface area contributed by atoms with Crippen LogP contribution in [-0.2, 0) is 11.8 Å². The maximum Gasteiger partial charge on any atom is 0.232 e. The van der Waals surface area contributed by atoms with Crippen molar-refractivity contribution in [3.05, 3.63) is 47.0 Å². The van der Waals surface area contributed by atoms with Gasteiger partial charge >= 0.3 is 0 Å². The molecule has 1 atom stereocenters. The molecule has 25 heavy (non-hydrogen) atoms. The van der Waals surface area contributed by atoms with Gasteiger partial charge in [-0.3, -0.25) is 0 Å². The molecule has 0 saturated carbocycles. The number of nitrogens with zero attached hydrogens (tertiary/aromatic N) is 3. The normalized spacial score (nSPS) is 12.9. The van der Waals surface area contributed by atoms with Crippen molar-refractivity contribution in [2.45, 2.75) is 45.6 Å². The zero-order chi connectivity index (χ0) is 18.6. The first-order valence-corrected chi connectivity index (χ1v) is 8.66. The van der Waals surface area contributed by atoms with Crippen LogP contribution in [0.15, 0.2) is 28.7 Å². The molecule has 1 aromatic heterocycles. The van der Waals surface area contributed by atoms with Crippen LogP contribution in [0.5, 0.6) is 0 Å². The quantitative estimate of drug-likeness (QED) is 0.857. The average molecular weight is 340 g/mol. The van der Waals surface area contributed by atoms with E-state index in [1.165, 1.54) is 11.1 Å². The average Bonchev–Trinajstić information content (AvgIpc) is 2.97. The molecule has 0 aliphatic heterocycles. The fourth-order valence-corrected chi connectivity index (χ4v) is 2.70. The van der Waals surface area contributed by atoms with Crippen molar-refractivity contribution in [3.63, 3.8) is 0 Å². The Morgan fingerprint density at radius 2 is 1.88 bits per heavy atom. The Morgan fingerprint density at radius 3 is 2.36 bits per heavy atom. The standard InChI is InChI=1S/C20H28N4O/c1-7-18-23-16(12-21)19(25-18)22-13-17(24(5)6)14-8-10-15(11-9-14)20(2,3)4/h8-11,17,22H,7,13H2,1-6H3/t17-/m0/s1. The number of rotatable bonds is 6. The number of hydrogen-bond acceptors (Lipinski definition) is 5. The van der Waals surface area contributed by atoms with E-state index in [2.05, 4.69) is 66.3 Å². The summed E-state index contributed by atoms with van der Waals surface area (Å²) in [6.45, 7) is 9.23. The van der Waals surface area contributed by atoms with Gasteiger partial charge in [-0.25, -0.2) is 4.98 Å². The van der Waals surface area contributed by atoms with E-state index in [0.29, 0.717) is 30.4 Å². The predicted octanol–water partition coefficient (Wildman–Crippen LogP) is 4.12. The van der Waals surface area contributed by atoms with E-state index in [1.54, 1.807) is 0 Å². The number of hydrogen-bond donors (Lipinski definition) is 1. The van der Waals surface area contributed by atoms with Gasteiger partial charge in [0, 0.05) is 13.0 Å². The van der Waals surface area contributed by atoms with Gasteiger partial charge in [-0.05, 0) is 30.6 Å². The Morgan fingerprint density at radius 1 is 1.24 bits per heavy atom. The molecule has 0 saturated heterocycles. The Balaban J connectivity index is 2.17. The Hall–Kier alpha value is -2.32. The zero-order valence-corrected chi connectivity index (χ0v) is 16.1. The van der Waals surface area contributed by atoms with Crippen LogP contribution in [0, 0.1) is 11.3 Å². The van der Waals surface area contributed by atoms with E-state index < -0.39 is 0 Å². The Kier molecular flexibility index (Phi) is 5.86. The third-order valence-electron chi connectivity index (χ3n) is 4.32. The molecule has 134 valence electrons. The van der Waals surface area contributed by atoms with Crippen LogP contribution < -0.4 is 5.32 Å².